The average Bonchev–Trinajstić information content (AvgIpc) is 2.56. The van der Waals surface area contributed by atoms with Crippen LogP contribution >= 0.6 is 11.9 Å². The van der Waals surface area contributed by atoms with Gasteiger partial charge in [-0.15, -0.1) is 0 Å². The normalized spacial score (nSPS) is 12.0. The van der Waals surface area contributed by atoms with Gasteiger partial charge < -0.3 is 11.5 Å². The summed E-state index contributed by atoms with van der Waals surface area (Å²) >= 11 is 1.57. The number of anilines is 1. The Labute approximate surface area is 141 Å². The summed E-state index contributed by atoms with van der Waals surface area (Å²) in [5, 5.41) is 0. The number of hydrogen-bond donors (Lipinski definition) is 3. The molecule has 0 aliphatic carbocycles. The molecule has 0 radical (unpaired) electrons. The number of carbonyl (C=O) groups is 1. The van der Waals surface area contributed by atoms with Gasteiger partial charge in [0.1, 0.15) is 0 Å². The average molecular weight is 329 g/mol. The Hall–Kier alpha value is -1.98. The van der Waals surface area contributed by atoms with Gasteiger partial charge in [-0.05, 0) is 61.0 Å². The van der Waals surface area contributed by atoms with Gasteiger partial charge in [0.25, 0.3) is 0 Å². The molecule has 0 saturated carbocycles. The van der Waals surface area contributed by atoms with E-state index in [9.17, 15) is 4.79 Å². The number of carbonyl (C=O) groups excluding carboxylic acids is 1. The van der Waals surface area contributed by atoms with E-state index in [1.54, 1.807) is 11.9 Å². The van der Waals surface area contributed by atoms with Crippen molar-refractivity contribution in [3.63, 3.8) is 0 Å². The van der Waals surface area contributed by atoms with Crippen LogP contribution in [0.15, 0.2) is 59.5 Å². The van der Waals surface area contributed by atoms with Gasteiger partial charge in [0.15, 0.2) is 0 Å². The van der Waals surface area contributed by atoms with Crippen molar-refractivity contribution in [2.75, 3.05) is 12.3 Å². The van der Waals surface area contributed by atoms with Crippen LogP contribution in [0.4, 0.5) is 5.69 Å². The molecule has 0 aliphatic heterocycles. The van der Waals surface area contributed by atoms with Crippen LogP contribution in [0.2, 0.25) is 0 Å². The quantitative estimate of drug-likeness (QED) is 0.375. The molecule has 23 heavy (non-hydrogen) atoms. The summed E-state index contributed by atoms with van der Waals surface area (Å²) in [4.78, 5) is 12.7. The van der Waals surface area contributed by atoms with Crippen molar-refractivity contribution in [1.29, 1.82) is 0 Å². The minimum absolute atomic E-state index is 0.110. The van der Waals surface area contributed by atoms with Gasteiger partial charge >= 0.3 is 0 Å². The topological polar surface area (TPSA) is 81.1 Å². The molecule has 0 saturated heterocycles. The maximum atomic E-state index is 11.6. The molecule has 0 aromatic heterocycles. The minimum atomic E-state index is -0.222. The summed E-state index contributed by atoms with van der Waals surface area (Å²) in [6.07, 6.45) is 2.41. The molecule has 5 heteroatoms. The number of nitrogen functional groups attached to an aromatic ring is 1. The van der Waals surface area contributed by atoms with Crippen molar-refractivity contribution in [3.05, 3.63) is 60.2 Å². The molecule has 0 bridgehead atoms. The van der Waals surface area contributed by atoms with E-state index < -0.39 is 0 Å². The second-order valence-electron chi connectivity index (χ2n) is 5.50. The summed E-state index contributed by atoms with van der Waals surface area (Å²) in [6, 6.07) is 17.7. The molecule has 2 rings (SSSR count). The summed E-state index contributed by atoms with van der Waals surface area (Å²) in [5.41, 5.74) is 13.1. The molecule has 0 aliphatic rings. The van der Waals surface area contributed by atoms with Gasteiger partial charge in [-0.3, -0.25) is 9.52 Å². The van der Waals surface area contributed by atoms with Crippen LogP contribution in [0.5, 0.6) is 0 Å². The Morgan fingerprint density at radius 2 is 1.78 bits per heavy atom. The molecule has 1 atom stereocenters. The number of nitrogens with one attached hydrogen (secondary N) is 1. The highest BCUT2D eigenvalue weighted by Gasteiger charge is 2.15. The predicted octanol–water partition coefficient (Wildman–Crippen LogP) is 2.99. The van der Waals surface area contributed by atoms with Gasteiger partial charge in [0, 0.05) is 23.0 Å². The summed E-state index contributed by atoms with van der Waals surface area (Å²) in [5.74, 6) is -0.333. The van der Waals surface area contributed by atoms with Crippen LogP contribution < -0.4 is 16.2 Å². The van der Waals surface area contributed by atoms with Gasteiger partial charge in [-0.25, -0.2) is 0 Å². The molecular formula is C18H23N3OS. The first kappa shape index (κ1) is 17.4. The predicted molar refractivity (Wildman–Crippen MR) is 96.8 cm³/mol. The monoisotopic (exact) mass is 329 g/mol. The zero-order valence-corrected chi connectivity index (χ0v) is 13.9. The molecule has 2 aromatic rings. The van der Waals surface area contributed by atoms with Crippen LogP contribution in [0, 0.1) is 5.92 Å². The second kappa shape index (κ2) is 9.22. The van der Waals surface area contributed by atoms with Crippen molar-refractivity contribution < 1.29 is 4.79 Å². The second-order valence-corrected chi connectivity index (χ2v) is 6.46. The SMILES string of the molecule is NC(=O)C(CCCNSc1ccc(N)cc1)Cc1ccccc1. The third kappa shape index (κ3) is 6.34. The smallest absolute Gasteiger partial charge is 0.220 e. The zero-order chi connectivity index (χ0) is 16.5. The lowest BCUT2D eigenvalue weighted by Crippen LogP contribution is -2.26. The van der Waals surface area contributed by atoms with Crippen LogP contribution in [0.3, 0.4) is 0 Å². The first-order valence-electron chi connectivity index (χ1n) is 7.73. The molecule has 4 nitrogen and oxygen atoms in total. The molecule has 0 fully saturated rings. The zero-order valence-electron chi connectivity index (χ0n) is 13.1. The van der Waals surface area contributed by atoms with E-state index in [2.05, 4.69) is 4.72 Å². The molecule has 5 N–H and O–H groups in total. The van der Waals surface area contributed by atoms with Gasteiger partial charge in [0.05, 0.1) is 0 Å². The highest BCUT2D eigenvalue weighted by atomic mass is 32.2. The maximum Gasteiger partial charge on any atom is 0.220 e. The van der Waals surface area contributed by atoms with E-state index in [0.717, 1.165) is 35.5 Å². The van der Waals surface area contributed by atoms with Gasteiger partial charge in [0.2, 0.25) is 5.91 Å². The third-order valence-corrected chi connectivity index (χ3v) is 4.49. The fourth-order valence-electron chi connectivity index (χ4n) is 2.33. The molecule has 122 valence electrons. The molecule has 1 amide bonds. The van der Waals surface area contributed by atoms with E-state index in [0.29, 0.717) is 6.42 Å². The van der Waals surface area contributed by atoms with Crippen LogP contribution in [0.1, 0.15) is 18.4 Å². The highest BCUT2D eigenvalue weighted by molar-refractivity contribution is 7.97. The van der Waals surface area contributed by atoms with E-state index >= 15 is 0 Å². The first-order chi connectivity index (χ1) is 11.1. The first-order valence-corrected chi connectivity index (χ1v) is 8.55. The summed E-state index contributed by atoms with van der Waals surface area (Å²) < 4.78 is 3.30. The molecule has 0 heterocycles. The molecule has 1 unspecified atom stereocenters. The van der Waals surface area contributed by atoms with Gasteiger partial charge in [-0.1, -0.05) is 30.3 Å². The summed E-state index contributed by atoms with van der Waals surface area (Å²) in [7, 11) is 0. The molecule has 0 spiro atoms. The number of benzene rings is 2. The standard InChI is InChI=1S/C18H23N3OS/c19-16-8-10-17(11-9-16)23-21-12-4-7-15(18(20)22)13-14-5-2-1-3-6-14/h1-3,5-6,8-11,15,21H,4,7,12-13,19H2,(H2,20,22). The van der Waals surface area contributed by atoms with E-state index in [-0.39, 0.29) is 11.8 Å². The van der Waals surface area contributed by atoms with E-state index in [1.807, 2.05) is 54.6 Å². The fraction of sp³-hybridized carbons (Fsp3) is 0.278. The Kier molecular flexibility index (Phi) is 6.97. The number of rotatable bonds is 9. The van der Waals surface area contributed by atoms with Crippen LogP contribution in [-0.4, -0.2) is 12.5 Å². The molecule has 2 aromatic carbocycles. The van der Waals surface area contributed by atoms with Crippen molar-refractivity contribution >= 4 is 23.5 Å². The lowest BCUT2D eigenvalue weighted by atomic mass is 9.94. The lowest BCUT2D eigenvalue weighted by Gasteiger charge is -2.13. The minimum Gasteiger partial charge on any atom is -0.399 e. The third-order valence-electron chi connectivity index (χ3n) is 3.63. The summed E-state index contributed by atoms with van der Waals surface area (Å²) in [6.45, 7) is 0.827. The Bertz CT molecular complexity index is 601. The molecular weight excluding hydrogens is 306 g/mol. The number of nitrogens with two attached hydrogens (primary N) is 2. The van der Waals surface area contributed by atoms with Crippen LogP contribution in [0.25, 0.3) is 0 Å². The fourth-order valence-corrected chi connectivity index (χ4v) is 3.02. The Morgan fingerprint density at radius 3 is 2.43 bits per heavy atom. The van der Waals surface area contributed by atoms with E-state index in [1.165, 1.54) is 0 Å². The van der Waals surface area contributed by atoms with Crippen LogP contribution in [-0.2, 0) is 11.2 Å². The van der Waals surface area contributed by atoms with E-state index in [4.69, 9.17) is 11.5 Å². The highest BCUT2D eigenvalue weighted by Crippen LogP contribution is 2.17. The Morgan fingerprint density at radius 1 is 1.09 bits per heavy atom. The Balaban J connectivity index is 1.70. The largest absolute Gasteiger partial charge is 0.399 e. The lowest BCUT2D eigenvalue weighted by molar-refractivity contribution is -0.122. The van der Waals surface area contributed by atoms with Crippen molar-refractivity contribution in [2.45, 2.75) is 24.2 Å². The van der Waals surface area contributed by atoms with Crippen molar-refractivity contribution in [3.8, 4) is 0 Å². The van der Waals surface area contributed by atoms with Crippen molar-refractivity contribution in [2.24, 2.45) is 11.7 Å². The van der Waals surface area contributed by atoms with Crippen molar-refractivity contribution in [1.82, 2.24) is 4.72 Å². The number of amides is 1. The van der Waals surface area contributed by atoms with Gasteiger partial charge in [-0.2, -0.15) is 0 Å². The maximum absolute atomic E-state index is 11.6. The number of primary amides is 1. The number of hydrogen-bond acceptors (Lipinski definition) is 4.